The molecule has 2 heterocycles. The van der Waals surface area contributed by atoms with E-state index in [1.54, 1.807) is 12.5 Å². The average molecular weight is 232 g/mol. The third-order valence-electron chi connectivity index (χ3n) is 1.36. The van der Waals surface area contributed by atoms with Gasteiger partial charge in [0.05, 0.1) is 10.8 Å². The molecule has 0 aliphatic heterocycles. The molecule has 2 rings (SSSR count). The summed E-state index contributed by atoms with van der Waals surface area (Å²) in [6.07, 6.45) is 3.22. The predicted molar refractivity (Wildman–Crippen MR) is 46.6 cm³/mol. The molecule has 3 nitrogen and oxygen atoms in total. The molecule has 0 bridgehead atoms. The van der Waals surface area contributed by atoms with Gasteiger partial charge in [0, 0.05) is 6.20 Å². The van der Waals surface area contributed by atoms with E-state index in [0.29, 0.717) is 5.15 Å². The van der Waals surface area contributed by atoms with E-state index in [2.05, 4.69) is 30.9 Å². The smallest absolute Gasteiger partial charge is 0.154 e. The first-order valence-electron chi connectivity index (χ1n) is 2.92. The predicted octanol–water partition coefficient (Wildman–Crippen LogP) is 2.37. The van der Waals surface area contributed by atoms with Crippen LogP contribution < -0.4 is 0 Å². The molecule has 0 unspecified atom stereocenters. The molecule has 1 N–H and O–H groups in total. The minimum atomic E-state index is 0.445. The van der Waals surface area contributed by atoms with Crippen LogP contribution in [0.15, 0.2) is 17.0 Å². The lowest BCUT2D eigenvalue weighted by Crippen LogP contribution is -1.78. The van der Waals surface area contributed by atoms with Crippen LogP contribution in [0, 0.1) is 0 Å². The number of aromatic amines is 1. The standard InChI is InChI=1S/C6H3BrClN3/c7-3-1-9-6(8)5-4(3)10-2-11-5/h1-2H,(H,10,11). The highest BCUT2D eigenvalue weighted by Crippen LogP contribution is 2.24. The van der Waals surface area contributed by atoms with Gasteiger partial charge in [-0.2, -0.15) is 0 Å². The molecule has 0 fully saturated rings. The van der Waals surface area contributed by atoms with Crippen molar-refractivity contribution in [2.24, 2.45) is 0 Å². The van der Waals surface area contributed by atoms with Crippen molar-refractivity contribution in [3.05, 3.63) is 22.1 Å². The summed E-state index contributed by atoms with van der Waals surface area (Å²) < 4.78 is 0.846. The van der Waals surface area contributed by atoms with Gasteiger partial charge in [-0.15, -0.1) is 0 Å². The molecule has 0 radical (unpaired) electrons. The Kier molecular flexibility index (Phi) is 1.58. The third-order valence-corrected chi connectivity index (χ3v) is 2.23. The van der Waals surface area contributed by atoms with Crippen molar-refractivity contribution in [3.63, 3.8) is 0 Å². The molecule has 56 valence electrons. The number of nitrogens with one attached hydrogen (secondary N) is 1. The summed E-state index contributed by atoms with van der Waals surface area (Å²) >= 11 is 9.07. The molecule has 2 aromatic rings. The van der Waals surface area contributed by atoms with E-state index in [1.807, 2.05) is 0 Å². The number of fused-ring (bicyclic) bond motifs is 1. The Morgan fingerprint density at radius 1 is 1.45 bits per heavy atom. The summed E-state index contributed by atoms with van der Waals surface area (Å²) in [6.45, 7) is 0. The van der Waals surface area contributed by atoms with Gasteiger partial charge in [0.2, 0.25) is 0 Å². The molecule has 0 saturated heterocycles. The molecule has 0 aliphatic carbocycles. The van der Waals surface area contributed by atoms with Crippen LogP contribution in [-0.2, 0) is 0 Å². The van der Waals surface area contributed by atoms with Crippen molar-refractivity contribution in [2.45, 2.75) is 0 Å². The van der Waals surface area contributed by atoms with Gasteiger partial charge in [0.1, 0.15) is 11.0 Å². The maximum Gasteiger partial charge on any atom is 0.154 e. The highest BCUT2D eigenvalue weighted by Gasteiger charge is 2.04. The van der Waals surface area contributed by atoms with E-state index in [1.165, 1.54) is 0 Å². The SMILES string of the molecule is Clc1ncc(Br)c2nc[nH]c12. The number of nitrogens with zero attached hydrogens (tertiary/aromatic N) is 2. The van der Waals surface area contributed by atoms with E-state index in [0.717, 1.165) is 15.5 Å². The lowest BCUT2D eigenvalue weighted by molar-refractivity contribution is 1.32. The van der Waals surface area contributed by atoms with Gasteiger partial charge >= 0.3 is 0 Å². The Labute approximate surface area is 75.9 Å². The fourth-order valence-electron chi connectivity index (χ4n) is 0.872. The fourth-order valence-corrected chi connectivity index (χ4v) is 1.47. The molecule has 0 aliphatic rings. The molecule has 0 aromatic carbocycles. The van der Waals surface area contributed by atoms with Crippen molar-refractivity contribution < 1.29 is 0 Å². The van der Waals surface area contributed by atoms with Gasteiger partial charge in [0.25, 0.3) is 0 Å². The summed E-state index contributed by atoms with van der Waals surface area (Å²) in [5, 5.41) is 0.445. The second kappa shape index (κ2) is 2.46. The van der Waals surface area contributed by atoms with Crippen molar-refractivity contribution in [1.29, 1.82) is 0 Å². The first-order chi connectivity index (χ1) is 5.29. The first kappa shape index (κ1) is 7.06. The summed E-state index contributed by atoms with van der Waals surface area (Å²) in [7, 11) is 0. The maximum absolute atomic E-state index is 5.77. The van der Waals surface area contributed by atoms with E-state index < -0.39 is 0 Å². The molecule has 11 heavy (non-hydrogen) atoms. The zero-order valence-electron chi connectivity index (χ0n) is 5.31. The second-order valence-corrected chi connectivity index (χ2v) is 3.24. The van der Waals surface area contributed by atoms with E-state index in [4.69, 9.17) is 11.6 Å². The van der Waals surface area contributed by atoms with Gasteiger partial charge in [-0.1, -0.05) is 11.6 Å². The number of hydrogen-bond acceptors (Lipinski definition) is 2. The second-order valence-electron chi connectivity index (χ2n) is 2.02. The minimum absolute atomic E-state index is 0.445. The van der Waals surface area contributed by atoms with Gasteiger partial charge < -0.3 is 4.98 Å². The summed E-state index contributed by atoms with van der Waals surface area (Å²) in [5.74, 6) is 0. The van der Waals surface area contributed by atoms with Crippen LogP contribution >= 0.6 is 27.5 Å². The van der Waals surface area contributed by atoms with Crippen LogP contribution in [0.5, 0.6) is 0 Å². The normalized spacial score (nSPS) is 10.7. The Morgan fingerprint density at radius 2 is 2.27 bits per heavy atom. The van der Waals surface area contributed by atoms with Gasteiger partial charge in [-0.05, 0) is 15.9 Å². The zero-order valence-corrected chi connectivity index (χ0v) is 7.65. The number of H-pyrrole nitrogens is 1. The maximum atomic E-state index is 5.77. The number of halogens is 2. The summed E-state index contributed by atoms with van der Waals surface area (Å²) in [6, 6.07) is 0. The molecule has 5 heteroatoms. The third kappa shape index (κ3) is 1.02. The van der Waals surface area contributed by atoms with Crippen LogP contribution in [-0.4, -0.2) is 15.0 Å². The summed E-state index contributed by atoms with van der Waals surface area (Å²) in [5.41, 5.74) is 1.58. The molecular formula is C6H3BrClN3. The molecule has 0 spiro atoms. The summed E-state index contributed by atoms with van der Waals surface area (Å²) in [4.78, 5) is 10.9. The number of imidazole rings is 1. The molecule has 0 atom stereocenters. The Bertz CT molecular complexity index is 362. The lowest BCUT2D eigenvalue weighted by Gasteiger charge is -1.92. The highest BCUT2D eigenvalue weighted by atomic mass is 79.9. The van der Waals surface area contributed by atoms with Crippen LogP contribution in [0.2, 0.25) is 5.15 Å². The van der Waals surface area contributed by atoms with Crippen LogP contribution in [0.25, 0.3) is 11.0 Å². The Hall–Kier alpha value is -0.610. The van der Waals surface area contributed by atoms with Crippen LogP contribution in [0.4, 0.5) is 0 Å². The Morgan fingerprint density at radius 3 is 3.00 bits per heavy atom. The minimum Gasteiger partial charge on any atom is -0.342 e. The Balaban J connectivity index is 2.96. The highest BCUT2D eigenvalue weighted by molar-refractivity contribution is 9.10. The number of hydrogen-bond donors (Lipinski definition) is 1. The van der Waals surface area contributed by atoms with Crippen molar-refractivity contribution in [2.75, 3.05) is 0 Å². The topological polar surface area (TPSA) is 41.6 Å². The number of rotatable bonds is 0. The molecule has 0 amide bonds. The van der Waals surface area contributed by atoms with Gasteiger partial charge in [0.15, 0.2) is 5.15 Å². The van der Waals surface area contributed by atoms with Crippen molar-refractivity contribution >= 4 is 38.6 Å². The molecule has 0 saturated carbocycles. The van der Waals surface area contributed by atoms with Gasteiger partial charge in [-0.3, -0.25) is 0 Å². The van der Waals surface area contributed by atoms with Crippen LogP contribution in [0.1, 0.15) is 0 Å². The molecular weight excluding hydrogens is 229 g/mol. The number of aromatic nitrogens is 3. The monoisotopic (exact) mass is 231 g/mol. The fraction of sp³-hybridized carbons (Fsp3) is 0. The van der Waals surface area contributed by atoms with Crippen LogP contribution in [0.3, 0.4) is 0 Å². The van der Waals surface area contributed by atoms with Crippen molar-refractivity contribution in [3.8, 4) is 0 Å². The molecule has 2 aromatic heterocycles. The largest absolute Gasteiger partial charge is 0.342 e. The van der Waals surface area contributed by atoms with Crippen molar-refractivity contribution in [1.82, 2.24) is 15.0 Å². The van der Waals surface area contributed by atoms with E-state index in [-0.39, 0.29) is 0 Å². The average Bonchev–Trinajstić information content (AvgIpc) is 2.45. The van der Waals surface area contributed by atoms with Gasteiger partial charge in [-0.25, -0.2) is 9.97 Å². The quantitative estimate of drug-likeness (QED) is 0.709. The number of pyridine rings is 1. The lowest BCUT2D eigenvalue weighted by atomic mass is 10.4. The van der Waals surface area contributed by atoms with E-state index in [9.17, 15) is 0 Å². The first-order valence-corrected chi connectivity index (χ1v) is 4.09. The zero-order chi connectivity index (χ0) is 7.84. The van der Waals surface area contributed by atoms with E-state index >= 15 is 0 Å².